The Morgan fingerprint density at radius 2 is 2.26 bits per heavy atom. The molecule has 0 aliphatic carbocycles. The van der Waals surface area contributed by atoms with Gasteiger partial charge in [-0.05, 0) is 25.1 Å². The van der Waals surface area contributed by atoms with Crippen LogP contribution in [0, 0.1) is 0 Å². The highest BCUT2D eigenvalue weighted by Crippen LogP contribution is 2.16. The molecule has 122 valence electrons. The minimum absolute atomic E-state index is 0.152. The van der Waals surface area contributed by atoms with Gasteiger partial charge in [0.25, 0.3) is 5.91 Å². The summed E-state index contributed by atoms with van der Waals surface area (Å²) in [6, 6.07) is 6.88. The third-order valence-corrected chi connectivity index (χ3v) is 3.96. The van der Waals surface area contributed by atoms with Crippen LogP contribution in [0.15, 0.2) is 24.3 Å². The largest absolute Gasteiger partial charge is 0.497 e. The summed E-state index contributed by atoms with van der Waals surface area (Å²) in [6.07, 6.45) is 0.851. The van der Waals surface area contributed by atoms with Crippen molar-refractivity contribution in [2.45, 2.75) is 25.9 Å². The summed E-state index contributed by atoms with van der Waals surface area (Å²) >= 11 is 0. The van der Waals surface area contributed by atoms with Gasteiger partial charge >= 0.3 is 0 Å². The van der Waals surface area contributed by atoms with E-state index in [1.54, 1.807) is 25.3 Å². The summed E-state index contributed by atoms with van der Waals surface area (Å²) in [5, 5.41) is 14.8. The molecule has 3 rings (SSSR count). The zero-order chi connectivity index (χ0) is 16.2. The smallest absolute Gasteiger partial charge is 0.251 e. The number of rotatable bonds is 4. The molecule has 0 radical (unpaired) electrons. The Hall–Kier alpha value is -2.41. The summed E-state index contributed by atoms with van der Waals surface area (Å²) in [7, 11) is 1.58. The molecule has 0 spiro atoms. The number of aromatic nitrogens is 3. The lowest BCUT2D eigenvalue weighted by molar-refractivity contribution is 0.0937. The summed E-state index contributed by atoms with van der Waals surface area (Å²) in [5.74, 6) is 2.26. The van der Waals surface area contributed by atoms with E-state index < -0.39 is 0 Å². The molecule has 1 amide bonds. The normalized spacial score (nSPS) is 15.4. The first kappa shape index (κ1) is 15.5. The number of fused-ring (bicyclic) bond motifs is 1. The average Bonchev–Trinajstić information content (AvgIpc) is 2.83. The number of nitrogens with one attached hydrogen (secondary N) is 2. The van der Waals surface area contributed by atoms with Crippen LogP contribution >= 0.6 is 0 Å². The number of methoxy groups -OCH3 is 1. The monoisotopic (exact) mass is 315 g/mol. The first-order valence-electron chi connectivity index (χ1n) is 7.76. The predicted molar refractivity (Wildman–Crippen MR) is 85.5 cm³/mol. The first-order chi connectivity index (χ1) is 11.2. The second-order valence-electron chi connectivity index (χ2n) is 5.55. The highest BCUT2D eigenvalue weighted by Gasteiger charge is 2.21. The number of benzene rings is 1. The average molecular weight is 315 g/mol. The molecule has 0 fully saturated rings. The van der Waals surface area contributed by atoms with E-state index in [-0.39, 0.29) is 11.9 Å². The summed E-state index contributed by atoms with van der Waals surface area (Å²) in [4.78, 5) is 12.4. The highest BCUT2D eigenvalue weighted by molar-refractivity contribution is 5.94. The van der Waals surface area contributed by atoms with Crippen molar-refractivity contribution in [2.75, 3.05) is 20.2 Å². The highest BCUT2D eigenvalue weighted by atomic mass is 16.5. The predicted octanol–water partition coefficient (Wildman–Crippen LogP) is 0.923. The van der Waals surface area contributed by atoms with Gasteiger partial charge in [-0.1, -0.05) is 6.07 Å². The van der Waals surface area contributed by atoms with Crippen molar-refractivity contribution in [3.05, 3.63) is 41.5 Å². The number of carbonyl (C=O) groups excluding carboxylic acids is 1. The molecule has 1 aromatic heterocycles. The summed E-state index contributed by atoms with van der Waals surface area (Å²) in [6.45, 7) is 4.53. The van der Waals surface area contributed by atoms with Crippen LogP contribution in [0.25, 0.3) is 0 Å². The van der Waals surface area contributed by atoms with Crippen LogP contribution in [0.4, 0.5) is 0 Å². The van der Waals surface area contributed by atoms with E-state index >= 15 is 0 Å². The van der Waals surface area contributed by atoms with Crippen molar-refractivity contribution in [1.82, 2.24) is 25.4 Å². The van der Waals surface area contributed by atoms with Gasteiger partial charge < -0.3 is 19.9 Å². The minimum Gasteiger partial charge on any atom is -0.497 e. The number of nitrogens with zero attached hydrogens (tertiary/aromatic N) is 3. The number of hydrogen-bond donors (Lipinski definition) is 2. The molecule has 0 saturated heterocycles. The molecular formula is C16H21N5O2. The van der Waals surface area contributed by atoms with E-state index in [2.05, 4.69) is 25.4 Å². The second-order valence-corrected chi connectivity index (χ2v) is 5.55. The van der Waals surface area contributed by atoms with Gasteiger partial charge in [-0.2, -0.15) is 0 Å². The Balaban J connectivity index is 1.75. The zero-order valence-corrected chi connectivity index (χ0v) is 13.4. The van der Waals surface area contributed by atoms with E-state index in [1.807, 2.05) is 13.0 Å². The van der Waals surface area contributed by atoms with Crippen LogP contribution in [0.1, 0.15) is 35.0 Å². The standard InChI is InChI=1S/C16H21N5O2/c1-11(15-20-19-14-6-7-17-8-9-21(14)15)18-16(22)12-4-3-5-13(10-12)23-2/h3-5,10-11,17H,6-9H2,1-2H3,(H,18,22)/t11-/m1/s1. The lowest BCUT2D eigenvalue weighted by atomic mass is 10.2. The minimum atomic E-state index is -0.215. The Morgan fingerprint density at radius 3 is 3.09 bits per heavy atom. The number of hydrogen-bond acceptors (Lipinski definition) is 5. The van der Waals surface area contributed by atoms with Crippen molar-refractivity contribution in [2.24, 2.45) is 0 Å². The molecule has 1 atom stereocenters. The maximum absolute atomic E-state index is 12.4. The fraction of sp³-hybridized carbons (Fsp3) is 0.438. The molecule has 1 aliphatic rings. The fourth-order valence-corrected chi connectivity index (χ4v) is 2.72. The Kier molecular flexibility index (Phi) is 4.57. The van der Waals surface area contributed by atoms with Crippen molar-refractivity contribution < 1.29 is 9.53 Å². The van der Waals surface area contributed by atoms with Crippen LogP contribution < -0.4 is 15.4 Å². The fourth-order valence-electron chi connectivity index (χ4n) is 2.72. The van der Waals surface area contributed by atoms with E-state index in [4.69, 9.17) is 4.74 Å². The van der Waals surface area contributed by atoms with Crippen molar-refractivity contribution in [3.63, 3.8) is 0 Å². The van der Waals surface area contributed by atoms with Crippen molar-refractivity contribution in [1.29, 1.82) is 0 Å². The van der Waals surface area contributed by atoms with E-state index in [9.17, 15) is 4.79 Å². The maximum Gasteiger partial charge on any atom is 0.251 e. The van der Waals surface area contributed by atoms with Crippen LogP contribution in [0.2, 0.25) is 0 Å². The lowest BCUT2D eigenvalue weighted by Crippen LogP contribution is -2.29. The molecule has 2 heterocycles. The van der Waals surface area contributed by atoms with Crippen LogP contribution in [0.5, 0.6) is 5.75 Å². The summed E-state index contributed by atoms with van der Waals surface area (Å²) < 4.78 is 7.25. The van der Waals surface area contributed by atoms with Crippen molar-refractivity contribution in [3.8, 4) is 5.75 Å². The van der Waals surface area contributed by atoms with Crippen molar-refractivity contribution >= 4 is 5.91 Å². The van der Waals surface area contributed by atoms with E-state index in [0.717, 1.165) is 37.7 Å². The van der Waals surface area contributed by atoms with E-state index in [1.165, 1.54) is 0 Å². The molecule has 1 aromatic carbocycles. The van der Waals surface area contributed by atoms with Crippen LogP contribution in [-0.2, 0) is 13.0 Å². The lowest BCUT2D eigenvalue weighted by Gasteiger charge is -2.15. The number of carbonyl (C=O) groups is 1. The van der Waals surface area contributed by atoms with Gasteiger partial charge in [0.2, 0.25) is 0 Å². The van der Waals surface area contributed by atoms with Gasteiger partial charge in [-0.25, -0.2) is 0 Å². The van der Waals surface area contributed by atoms with E-state index in [0.29, 0.717) is 11.3 Å². The third-order valence-electron chi connectivity index (χ3n) is 3.96. The van der Waals surface area contributed by atoms with Gasteiger partial charge in [-0.15, -0.1) is 10.2 Å². The summed E-state index contributed by atoms with van der Waals surface area (Å²) in [5.41, 5.74) is 0.563. The maximum atomic E-state index is 12.4. The Labute approximate surface area is 135 Å². The molecule has 2 N–H and O–H groups in total. The first-order valence-corrected chi connectivity index (χ1v) is 7.76. The number of amides is 1. The zero-order valence-electron chi connectivity index (χ0n) is 13.4. The quantitative estimate of drug-likeness (QED) is 0.877. The topological polar surface area (TPSA) is 81.1 Å². The van der Waals surface area contributed by atoms with Gasteiger partial charge in [0.1, 0.15) is 11.6 Å². The molecule has 7 heteroatoms. The van der Waals surface area contributed by atoms with Crippen LogP contribution in [0.3, 0.4) is 0 Å². The molecule has 1 aliphatic heterocycles. The van der Waals surface area contributed by atoms with Gasteiger partial charge in [0.15, 0.2) is 5.82 Å². The number of ether oxygens (including phenoxy) is 1. The molecular weight excluding hydrogens is 294 g/mol. The van der Waals surface area contributed by atoms with Gasteiger partial charge in [-0.3, -0.25) is 4.79 Å². The van der Waals surface area contributed by atoms with Gasteiger partial charge in [0, 0.05) is 31.6 Å². The third kappa shape index (κ3) is 3.34. The Bertz CT molecular complexity index is 698. The van der Waals surface area contributed by atoms with Crippen LogP contribution in [-0.4, -0.2) is 40.9 Å². The Morgan fingerprint density at radius 1 is 1.39 bits per heavy atom. The van der Waals surface area contributed by atoms with Gasteiger partial charge in [0.05, 0.1) is 13.2 Å². The molecule has 0 bridgehead atoms. The molecule has 23 heavy (non-hydrogen) atoms. The SMILES string of the molecule is COc1cccc(C(=O)N[C@H](C)c2nnc3n2CCNCC3)c1. The second kappa shape index (κ2) is 6.78. The molecule has 2 aromatic rings. The molecule has 0 saturated carbocycles. The molecule has 0 unspecified atom stereocenters. The molecule has 7 nitrogen and oxygen atoms in total.